The maximum atomic E-state index is 5.33. The van der Waals surface area contributed by atoms with Crippen molar-refractivity contribution in [3.8, 4) is 5.75 Å². The van der Waals surface area contributed by atoms with Crippen LogP contribution in [0.3, 0.4) is 0 Å². The van der Waals surface area contributed by atoms with E-state index in [0.717, 1.165) is 15.8 Å². The quantitative estimate of drug-likeness (QED) is 0.896. The predicted octanol–water partition coefficient (Wildman–Crippen LogP) is 4.38. The van der Waals surface area contributed by atoms with E-state index in [4.69, 9.17) is 4.74 Å². The van der Waals surface area contributed by atoms with Gasteiger partial charge in [0.1, 0.15) is 5.75 Å². The van der Waals surface area contributed by atoms with Crippen molar-refractivity contribution in [1.82, 2.24) is 5.32 Å². The second-order valence-corrected chi connectivity index (χ2v) is 5.83. The average molecular weight is 334 g/mol. The van der Waals surface area contributed by atoms with Crippen molar-refractivity contribution in [3.63, 3.8) is 0 Å². The Bertz CT molecular complexity index is 610. The summed E-state index contributed by atoms with van der Waals surface area (Å²) < 4.78 is 6.45. The molecule has 2 rings (SSSR count). The Kier molecular flexibility index (Phi) is 4.84. The zero-order chi connectivity index (χ0) is 14.7. The Hall–Kier alpha value is -1.32. The van der Waals surface area contributed by atoms with Crippen LogP contribution in [0.2, 0.25) is 0 Å². The van der Waals surface area contributed by atoms with Crippen LogP contribution in [0, 0.1) is 13.8 Å². The fourth-order valence-electron chi connectivity index (χ4n) is 2.47. The number of halogens is 1. The highest BCUT2D eigenvalue weighted by molar-refractivity contribution is 9.10. The Morgan fingerprint density at radius 3 is 2.45 bits per heavy atom. The molecule has 2 aromatic rings. The molecular formula is C17H20BrNO. The van der Waals surface area contributed by atoms with Crippen LogP contribution in [0.5, 0.6) is 5.75 Å². The summed E-state index contributed by atoms with van der Waals surface area (Å²) in [6, 6.07) is 12.9. The van der Waals surface area contributed by atoms with Crippen molar-refractivity contribution in [2.45, 2.75) is 19.9 Å². The SMILES string of the molecule is CNC(c1ccc(OC)c(C)c1)c1cc(C)ccc1Br. The average Bonchev–Trinajstić information content (AvgIpc) is 2.44. The molecular weight excluding hydrogens is 314 g/mol. The summed E-state index contributed by atoms with van der Waals surface area (Å²) in [5.74, 6) is 0.923. The first-order valence-electron chi connectivity index (χ1n) is 6.64. The van der Waals surface area contributed by atoms with Gasteiger partial charge in [0.25, 0.3) is 0 Å². The standard InChI is InChI=1S/C17H20BrNO/c1-11-5-7-15(18)14(9-11)17(19-3)13-6-8-16(20-4)12(2)10-13/h5-10,17,19H,1-4H3. The summed E-state index contributed by atoms with van der Waals surface area (Å²) >= 11 is 3.65. The maximum Gasteiger partial charge on any atom is 0.121 e. The van der Waals surface area contributed by atoms with Gasteiger partial charge in [-0.2, -0.15) is 0 Å². The van der Waals surface area contributed by atoms with Gasteiger partial charge in [-0.1, -0.05) is 45.8 Å². The second-order valence-electron chi connectivity index (χ2n) is 4.98. The number of benzene rings is 2. The largest absolute Gasteiger partial charge is 0.496 e. The van der Waals surface area contributed by atoms with Crippen molar-refractivity contribution in [1.29, 1.82) is 0 Å². The van der Waals surface area contributed by atoms with Crippen LogP contribution >= 0.6 is 15.9 Å². The van der Waals surface area contributed by atoms with Gasteiger partial charge in [-0.25, -0.2) is 0 Å². The van der Waals surface area contributed by atoms with Crippen molar-refractivity contribution in [2.24, 2.45) is 0 Å². The van der Waals surface area contributed by atoms with E-state index in [2.05, 4.69) is 65.4 Å². The molecule has 0 aromatic heterocycles. The lowest BCUT2D eigenvalue weighted by Crippen LogP contribution is -2.18. The Balaban J connectivity index is 2.46. The van der Waals surface area contributed by atoms with Gasteiger partial charge in [-0.05, 0) is 49.7 Å². The van der Waals surface area contributed by atoms with Crippen LogP contribution in [-0.2, 0) is 0 Å². The lowest BCUT2D eigenvalue weighted by Gasteiger charge is -2.20. The third kappa shape index (κ3) is 3.05. The van der Waals surface area contributed by atoms with E-state index in [-0.39, 0.29) is 6.04 Å². The highest BCUT2D eigenvalue weighted by atomic mass is 79.9. The van der Waals surface area contributed by atoms with Crippen molar-refractivity contribution >= 4 is 15.9 Å². The van der Waals surface area contributed by atoms with Crippen molar-refractivity contribution in [3.05, 3.63) is 63.1 Å². The second kappa shape index (κ2) is 6.42. The van der Waals surface area contributed by atoms with Gasteiger partial charge in [0.15, 0.2) is 0 Å². The van der Waals surface area contributed by atoms with Crippen LogP contribution in [-0.4, -0.2) is 14.2 Å². The van der Waals surface area contributed by atoms with Crippen molar-refractivity contribution < 1.29 is 4.74 Å². The van der Waals surface area contributed by atoms with E-state index in [9.17, 15) is 0 Å². The molecule has 0 fully saturated rings. The molecule has 20 heavy (non-hydrogen) atoms. The topological polar surface area (TPSA) is 21.3 Å². The minimum absolute atomic E-state index is 0.161. The molecule has 0 amide bonds. The molecule has 2 aromatic carbocycles. The molecule has 0 saturated heterocycles. The third-order valence-electron chi connectivity index (χ3n) is 3.50. The number of nitrogens with one attached hydrogen (secondary N) is 1. The van der Waals surface area contributed by atoms with E-state index in [0.29, 0.717) is 0 Å². The van der Waals surface area contributed by atoms with Gasteiger partial charge in [0, 0.05) is 4.47 Å². The Labute approximate surface area is 129 Å². The first kappa shape index (κ1) is 15.1. The molecule has 0 spiro atoms. The summed E-state index contributed by atoms with van der Waals surface area (Å²) in [5, 5.41) is 3.40. The van der Waals surface area contributed by atoms with Gasteiger partial charge in [0.05, 0.1) is 13.2 Å². The third-order valence-corrected chi connectivity index (χ3v) is 4.23. The minimum atomic E-state index is 0.161. The molecule has 3 heteroatoms. The zero-order valence-corrected chi connectivity index (χ0v) is 13.9. The number of rotatable bonds is 4. The van der Waals surface area contributed by atoms with Gasteiger partial charge in [-0.3, -0.25) is 0 Å². The fraction of sp³-hybridized carbons (Fsp3) is 0.294. The highest BCUT2D eigenvalue weighted by Crippen LogP contribution is 2.31. The lowest BCUT2D eigenvalue weighted by atomic mass is 9.96. The summed E-state index contributed by atoms with van der Waals surface area (Å²) in [6.07, 6.45) is 0. The molecule has 0 aliphatic rings. The number of ether oxygens (including phenoxy) is 1. The van der Waals surface area contributed by atoms with Gasteiger partial charge in [-0.15, -0.1) is 0 Å². The first-order valence-corrected chi connectivity index (χ1v) is 7.44. The van der Waals surface area contributed by atoms with E-state index < -0.39 is 0 Å². The van der Waals surface area contributed by atoms with Crippen molar-refractivity contribution in [2.75, 3.05) is 14.2 Å². The predicted molar refractivity (Wildman–Crippen MR) is 87.5 cm³/mol. The summed E-state index contributed by atoms with van der Waals surface area (Å²) in [6.45, 7) is 4.18. The molecule has 1 N–H and O–H groups in total. The number of methoxy groups -OCH3 is 1. The molecule has 2 nitrogen and oxygen atoms in total. The molecule has 0 aliphatic carbocycles. The zero-order valence-electron chi connectivity index (χ0n) is 12.3. The maximum absolute atomic E-state index is 5.33. The van der Waals surface area contributed by atoms with Crippen LogP contribution in [0.25, 0.3) is 0 Å². The molecule has 1 unspecified atom stereocenters. The number of aryl methyl sites for hydroxylation is 2. The fourth-order valence-corrected chi connectivity index (χ4v) is 2.94. The van der Waals surface area contributed by atoms with Crippen LogP contribution < -0.4 is 10.1 Å². The molecule has 0 heterocycles. The molecule has 0 aliphatic heterocycles. The molecule has 0 bridgehead atoms. The Morgan fingerprint density at radius 1 is 1.10 bits per heavy atom. The summed E-state index contributed by atoms with van der Waals surface area (Å²) in [5.41, 5.74) is 4.89. The Morgan fingerprint density at radius 2 is 1.85 bits per heavy atom. The number of hydrogen-bond acceptors (Lipinski definition) is 2. The van der Waals surface area contributed by atoms with Crippen LogP contribution in [0.15, 0.2) is 40.9 Å². The minimum Gasteiger partial charge on any atom is -0.496 e. The monoisotopic (exact) mass is 333 g/mol. The normalized spacial score (nSPS) is 12.2. The molecule has 106 valence electrons. The first-order chi connectivity index (χ1) is 9.56. The smallest absolute Gasteiger partial charge is 0.121 e. The lowest BCUT2D eigenvalue weighted by molar-refractivity contribution is 0.411. The van der Waals surface area contributed by atoms with Crippen LogP contribution in [0.4, 0.5) is 0 Å². The molecule has 0 radical (unpaired) electrons. The summed E-state index contributed by atoms with van der Waals surface area (Å²) in [7, 11) is 3.69. The van der Waals surface area contributed by atoms with E-state index in [1.807, 2.05) is 13.1 Å². The van der Waals surface area contributed by atoms with E-state index >= 15 is 0 Å². The van der Waals surface area contributed by atoms with E-state index in [1.54, 1.807) is 7.11 Å². The van der Waals surface area contributed by atoms with Crippen LogP contribution in [0.1, 0.15) is 28.3 Å². The highest BCUT2D eigenvalue weighted by Gasteiger charge is 2.16. The van der Waals surface area contributed by atoms with E-state index in [1.165, 1.54) is 16.7 Å². The molecule has 1 atom stereocenters. The van der Waals surface area contributed by atoms with Gasteiger partial charge >= 0.3 is 0 Å². The molecule has 0 saturated carbocycles. The van der Waals surface area contributed by atoms with Gasteiger partial charge < -0.3 is 10.1 Å². The van der Waals surface area contributed by atoms with Gasteiger partial charge in [0.2, 0.25) is 0 Å². The number of hydrogen-bond donors (Lipinski definition) is 1. The summed E-state index contributed by atoms with van der Waals surface area (Å²) in [4.78, 5) is 0.